The standard InChI is InChI=1S/C27H21F2N7OS/c1-13(2)7-22(37)32-16-8-15(11-30-12-16)14-9-17-23(18(28)10-14)35-36-24(17)27-33-19-5-6-31-26(25(19)34-27)20-3-4-21(29)38-20/h3-6,8-13H,7H2,1-2H3,(H,32,37)(H,33,34)(H,35,36). The summed E-state index contributed by atoms with van der Waals surface area (Å²) in [5.74, 6) is 0.0420. The number of H-pyrrole nitrogens is 2. The van der Waals surface area contributed by atoms with Crippen molar-refractivity contribution in [1.29, 1.82) is 0 Å². The Morgan fingerprint density at radius 2 is 1.95 bits per heavy atom. The highest BCUT2D eigenvalue weighted by Crippen LogP contribution is 2.35. The van der Waals surface area contributed by atoms with Crippen molar-refractivity contribution < 1.29 is 13.6 Å². The van der Waals surface area contributed by atoms with Gasteiger partial charge in [-0.05, 0) is 47.9 Å². The number of nitrogens with zero attached hydrogens (tertiary/aromatic N) is 4. The first kappa shape index (κ1) is 23.9. The molecule has 5 heterocycles. The van der Waals surface area contributed by atoms with Crippen molar-refractivity contribution in [2.24, 2.45) is 5.92 Å². The average molecular weight is 530 g/mol. The number of hydrogen-bond acceptors (Lipinski definition) is 6. The van der Waals surface area contributed by atoms with Gasteiger partial charge in [0.15, 0.2) is 16.8 Å². The van der Waals surface area contributed by atoms with Crippen LogP contribution in [0.25, 0.3) is 55.2 Å². The fourth-order valence-electron chi connectivity index (χ4n) is 4.35. The van der Waals surface area contributed by atoms with Gasteiger partial charge in [0.05, 0.1) is 22.3 Å². The lowest BCUT2D eigenvalue weighted by Gasteiger charge is -2.09. The van der Waals surface area contributed by atoms with Crippen molar-refractivity contribution in [3.63, 3.8) is 0 Å². The highest BCUT2D eigenvalue weighted by atomic mass is 32.1. The molecule has 6 aromatic rings. The number of imidazole rings is 1. The second-order valence-electron chi connectivity index (χ2n) is 9.31. The zero-order chi connectivity index (χ0) is 26.4. The van der Waals surface area contributed by atoms with E-state index in [1.807, 2.05) is 13.8 Å². The maximum absolute atomic E-state index is 15.2. The van der Waals surface area contributed by atoms with Gasteiger partial charge in [-0.25, -0.2) is 9.37 Å². The van der Waals surface area contributed by atoms with Crippen LogP contribution in [0.2, 0.25) is 0 Å². The molecule has 6 rings (SSSR count). The Labute approximate surface area is 219 Å². The highest BCUT2D eigenvalue weighted by Gasteiger charge is 2.19. The van der Waals surface area contributed by atoms with Gasteiger partial charge in [-0.1, -0.05) is 13.8 Å². The predicted molar refractivity (Wildman–Crippen MR) is 144 cm³/mol. The van der Waals surface area contributed by atoms with E-state index in [9.17, 15) is 9.18 Å². The van der Waals surface area contributed by atoms with Gasteiger partial charge in [-0.2, -0.15) is 9.49 Å². The minimum atomic E-state index is -0.512. The predicted octanol–water partition coefficient (Wildman–Crippen LogP) is 6.55. The van der Waals surface area contributed by atoms with Gasteiger partial charge in [0.25, 0.3) is 0 Å². The Hall–Kier alpha value is -4.51. The van der Waals surface area contributed by atoms with Gasteiger partial charge >= 0.3 is 0 Å². The zero-order valence-electron chi connectivity index (χ0n) is 20.3. The SMILES string of the molecule is CC(C)CC(=O)Nc1cncc(-c2cc(F)c3n[nH]c(-c4nc5c(-c6ccc(F)s6)nccc5[nH]4)c3c2)c1. The summed E-state index contributed by atoms with van der Waals surface area (Å²) in [5.41, 5.74) is 4.21. The number of aromatic amines is 2. The third-order valence-corrected chi connectivity index (χ3v) is 6.89. The van der Waals surface area contributed by atoms with Crippen LogP contribution in [0, 0.1) is 16.9 Å². The molecule has 5 aromatic heterocycles. The number of halogens is 2. The molecule has 0 saturated carbocycles. The molecule has 0 aliphatic carbocycles. The maximum Gasteiger partial charge on any atom is 0.224 e. The monoisotopic (exact) mass is 529 g/mol. The molecule has 38 heavy (non-hydrogen) atoms. The van der Waals surface area contributed by atoms with Crippen LogP contribution in [-0.4, -0.2) is 36.0 Å². The van der Waals surface area contributed by atoms with Crippen LogP contribution in [0.3, 0.4) is 0 Å². The maximum atomic E-state index is 15.2. The summed E-state index contributed by atoms with van der Waals surface area (Å²) in [5, 5.41) is 10.1. The number of carbonyl (C=O) groups is 1. The number of carbonyl (C=O) groups excluding carboxylic acids is 1. The minimum absolute atomic E-state index is 0.110. The first-order valence-electron chi connectivity index (χ1n) is 11.9. The smallest absolute Gasteiger partial charge is 0.224 e. The van der Waals surface area contributed by atoms with Crippen LogP contribution in [0.4, 0.5) is 14.5 Å². The van der Waals surface area contributed by atoms with E-state index in [2.05, 4.69) is 30.5 Å². The molecule has 1 aromatic carbocycles. The average Bonchev–Trinajstić information content (AvgIpc) is 3.61. The Morgan fingerprint density at radius 1 is 1.08 bits per heavy atom. The number of anilines is 1. The molecule has 0 bridgehead atoms. The Bertz CT molecular complexity index is 1820. The topological polar surface area (TPSA) is 112 Å². The van der Waals surface area contributed by atoms with Crippen molar-refractivity contribution in [1.82, 2.24) is 30.1 Å². The van der Waals surface area contributed by atoms with Crippen molar-refractivity contribution >= 4 is 44.9 Å². The van der Waals surface area contributed by atoms with E-state index in [1.165, 1.54) is 12.1 Å². The number of rotatable bonds is 6. The number of pyridine rings is 2. The first-order chi connectivity index (χ1) is 18.4. The fourth-order valence-corrected chi connectivity index (χ4v) is 5.08. The summed E-state index contributed by atoms with van der Waals surface area (Å²) in [6, 6.07) is 9.77. The van der Waals surface area contributed by atoms with Crippen LogP contribution >= 0.6 is 11.3 Å². The fraction of sp³-hybridized carbons (Fsp3) is 0.148. The lowest BCUT2D eigenvalue weighted by molar-refractivity contribution is -0.116. The quantitative estimate of drug-likeness (QED) is 0.226. The Kier molecular flexibility index (Phi) is 5.91. The summed E-state index contributed by atoms with van der Waals surface area (Å²) < 4.78 is 28.8. The number of thiophene rings is 1. The van der Waals surface area contributed by atoms with Crippen LogP contribution in [0.1, 0.15) is 20.3 Å². The van der Waals surface area contributed by atoms with Crippen LogP contribution in [-0.2, 0) is 4.79 Å². The number of benzene rings is 1. The van der Waals surface area contributed by atoms with Gasteiger partial charge < -0.3 is 10.3 Å². The molecule has 11 heteroatoms. The van der Waals surface area contributed by atoms with Crippen LogP contribution in [0.5, 0.6) is 0 Å². The van der Waals surface area contributed by atoms with E-state index in [0.717, 1.165) is 11.3 Å². The van der Waals surface area contributed by atoms with E-state index < -0.39 is 5.82 Å². The largest absolute Gasteiger partial charge is 0.337 e. The normalized spacial score (nSPS) is 11.6. The summed E-state index contributed by atoms with van der Waals surface area (Å²) >= 11 is 0.989. The number of nitrogens with one attached hydrogen (secondary N) is 3. The van der Waals surface area contributed by atoms with Crippen molar-refractivity contribution in [3.05, 3.63) is 65.9 Å². The number of amides is 1. The molecule has 0 atom stereocenters. The summed E-state index contributed by atoms with van der Waals surface area (Å²) in [6.45, 7) is 3.94. The summed E-state index contributed by atoms with van der Waals surface area (Å²) in [6.07, 6.45) is 5.18. The van der Waals surface area contributed by atoms with Crippen molar-refractivity contribution in [2.45, 2.75) is 20.3 Å². The molecule has 0 radical (unpaired) electrons. The summed E-state index contributed by atoms with van der Waals surface area (Å²) in [7, 11) is 0. The molecule has 8 nitrogen and oxygen atoms in total. The van der Waals surface area contributed by atoms with Gasteiger partial charge in [0.2, 0.25) is 5.91 Å². The van der Waals surface area contributed by atoms with Crippen LogP contribution < -0.4 is 5.32 Å². The molecule has 0 unspecified atom stereocenters. The third-order valence-electron chi connectivity index (χ3n) is 6.01. The molecule has 190 valence electrons. The molecule has 0 aliphatic rings. The zero-order valence-corrected chi connectivity index (χ0v) is 21.2. The molecule has 3 N–H and O–H groups in total. The molecule has 0 saturated heterocycles. The van der Waals surface area contributed by atoms with Crippen molar-refractivity contribution in [2.75, 3.05) is 5.32 Å². The molecule has 0 aliphatic heterocycles. The third kappa shape index (κ3) is 4.41. The molecular weight excluding hydrogens is 508 g/mol. The second-order valence-corrected chi connectivity index (χ2v) is 10.3. The van der Waals surface area contributed by atoms with E-state index in [4.69, 9.17) is 4.98 Å². The molecular formula is C27H21F2N7OS. The summed E-state index contributed by atoms with van der Waals surface area (Å²) in [4.78, 5) is 29.4. The molecule has 0 fully saturated rings. The lowest BCUT2D eigenvalue weighted by atomic mass is 10.0. The lowest BCUT2D eigenvalue weighted by Crippen LogP contribution is -2.13. The number of fused-ring (bicyclic) bond motifs is 2. The van der Waals surface area contributed by atoms with E-state index in [-0.39, 0.29) is 22.5 Å². The minimum Gasteiger partial charge on any atom is -0.337 e. The second kappa shape index (κ2) is 9.42. The Morgan fingerprint density at radius 3 is 2.74 bits per heavy atom. The van der Waals surface area contributed by atoms with Crippen molar-refractivity contribution in [3.8, 4) is 33.2 Å². The highest BCUT2D eigenvalue weighted by molar-refractivity contribution is 7.13. The molecule has 1 amide bonds. The number of aromatic nitrogens is 6. The van der Waals surface area contributed by atoms with Gasteiger partial charge in [-0.15, -0.1) is 11.3 Å². The number of hydrogen-bond donors (Lipinski definition) is 3. The Balaban J connectivity index is 1.41. The van der Waals surface area contributed by atoms with Crippen LogP contribution in [0.15, 0.2) is 55.0 Å². The van der Waals surface area contributed by atoms with E-state index >= 15 is 4.39 Å². The van der Waals surface area contributed by atoms with E-state index in [0.29, 0.717) is 61.7 Å². The van der Waals surface area contributed by atoms with Gasteiger partial charge in [0, 0.05) is 29.8 Å². The van der Waals surface area contributed by atoms with E-state index in [1.54, 1.807) is 42.9 Å². The first-order valence-corrected chi connectivity index (χ1v) is 12.7. The molecule has 0 spiro atoms. The van der Waals surface area contributed by atoms with Gasteiger partial charge in [0.1, 0.15) is 22.4 Å². The van der Waals surface area contributed by atoms with Gasteiger partial charge in [-0.3, -0.25) is 19.9 Å².